The molecule has 0 radical (unpaired) electrons. The maximum atomic E-state index is 13.2. The van der Waals surface area contributed by atoms with Crippen LogP contribution >= 0.6 is 0 Å². The minimum absolute atomic E-state index is 0.0445. The quantitative estimate of drug-likeness (QED) is 0.368. The zero-order valence-corrected chi connectivity index (χ0v) is 15.6. The molecule has 160 valence electrons. The van der Waals surface area contributed by atoms with Crippen LogP contribution in [0.25, 0.3) is 21.7 Å². The Labute approximate surface area is 171 Å². The van der Waals surface area contributed by atoms with E-state index in [1.165, 1.54) is 10.6 Å². The van der Waals surface area contributed by atoms with Crippen LogP contribution in [0.4, 0.5) is 26.3 Å². The minimum atomic E-state index is -4.99. The highest BCUT2D eigenvalue weighted by atomic mass is 19.4. The second-order valence-electron chi connectivity index (χ2n) is 7.05. The van der Waals surface area contributed by atoms with E-state index in [0.29, 0.717) is 23.0 Å². The lowest BCUT2D eigenvalue weighted by Gasteiger charge is -2.16. The number of carboxylic acid groups (broad SMARTS) is 1. The first-order chi connectivity index (χ1) is 14.4. The first kappa shape index (κ1) is 20.8. The fourth-order valence-electron chi connectivity index (χ4n) is 3.66. The van der Waals surface area contributed by atoms with E-state index in [2.05, 4.69) is 0 Å². The lowest BCUT2D eigenvalue weighted by molar-refractivity contribution is -0.143. The Morgan fingerprint density at radius 2 is 1.42 bits per heavy atom. The number of nitrogens with zero attached hydrogens (tertiary/aromatic N) is 1. The van der Waals surface area contributed by atoms with E-state index < -0.39 is 36.0 Å². The topological polar surface area (TPSA) is 42.2 Å². The Kier molecular flexibility index (Phi) is 4.72. The van der Waals surface area contributed by atoms with Crippen LogP contribution < -0.4 is 0 Å². The van der Waals surface area contributed by atoms with Gasteiger partial charge in [0.15, 0.2) is 0 Å². The maximum absolute atomic E-state index is 13.2. The van der Waals surface area contributed by atoms with Crippen LogP contribution in [0.15, 0.2) is 60.7 Å². The molecule has 31 heavy (non-hydrogen) atoms. The lowest BCUT2D eigenvalue weighted by Crippen LogP contribution is -2.14. The smallest absolute Gasteiger partial charge is 0.416 e. The van der Waals surface area contributed by atoms with Crippen LogP contribution in [0.2, 0.25) is 0 Å². The molecule has 0 atom stereocenters. The van der Waals surface area contributed by atoms with Crippen LogP contribution in [-0.2, 0) is 18.9 Å². The zero-order chi connectivity index (χ0) is 22.6. The van der Waals surface area contributed by atoms with Crippen LogP contribution in [0.1, 0.15) is 27.2 Å². The van der Waals surface area contributed by atoms with E-state index in [1.807, 2.05) is 6.07 Å². The number of halogens is 6. The Morgan fingerprint density at radius 1 is 0.806 bits per heavy atom. The fourth-order valence-corrected chi connectivity index (χ4v) is 3.66. The number of hydrogen-bond donors (Lipinski definition) is 1. The highest BCUT2D eigenvalue weighted by molar-refractivity contribution is 6.09. The average molecular weight is 437 g/mol. The second kappa shape index (κ2) is 7.04. The Morgan fingerprint density at radius 3 is 2.00 bits per heavy atom. The molecule has 0 bridgehead atoms. The van der Waals surface area contributed by atoms with Crippen molar-refractivity contribution in [2.24, 2.45) is 0 Å². The van der Waals surface area contributed by atoms with Gasteiger partial charge in [0.1, 0.15) is 5.69 Å². The molecule has 0 spiro atoms. The van der Waals surface area contributed by atoms with Gasteiger partial charge in [-0.25, -0.2) is 4.79 Å². The van der Waals surface area contributed by atoms with Crippen molar-refractivity contribution in [2.75, 3.05) is 0 Å². The third-order valence-corrected chi connectivity index (χ3v) is 5.02. The summed E-state index contributed by atoms with van der Waals surface area (Å²) in [5.41, 5.74) is -3.05. The third-order valence-electron chi connectivity index (χ3n) is 5.02. The Hall–Kier alpha value is -3.49. The van der Waals surface area contributed by atoms with Gasteiger partial charge in [0.05, 0.1) is 11.1 Å². The third kappa shape index (κ3) is 3.83. The molecule has 0 amide bonds. The molecule has 4 rings (SSSR count). The first-order valence-electron chi connectivity index (χ1n) is 8.98. The first-order valence-corrected chi connectivity index (χ1v) is 8.98. The van der Waals surface area contributed by atoms with Crippen molar-refractivity contribution in [3.63, 3.8) is 0 Å². The molecule has 0 aliphatic heterocycles. The Balaban J connectivity index is 1.93. The molecule has 1 heterocycles. The van der Waals surface area contributed by atoms with E-state index in [-0.39, 0.29) is 17.3 Å². The van der Waals surface area contributed by atoms with Crippen molar-refractivity contribution in [1.29, 1.82) is 0 Å². The van der Waals surface area contributed by atoms with Gasteiger partial charge < -0.3 is 9.67 Å². The van der Waals surface area contributed by atoms with E-state index >= 15 is 0 Å². The van der Waals surface area contributed by atoms with Gasteiger partial charge in [-0.1, -0.05) is 30.3 Å². The van der Waals surface area contributed by atoms with Crippen molar-refractivity contribution >= 4 is 27.6 Å². The number of benzene rings is 3. The molecule has 0 unspecified atom stereocenters. The minimum Gasteiger partial charge on any atom is -0.477 e. The largest absolute Gasteiger partial charge is 0.477 e. The highest BCUT2D eigenvalue weighted by Crippen LogP contribution is 2.37. The van der Waals surface area contributed by atoms with Gasteiger partial charge in [0.25, 0.3) is 0 Å². The van der Waals surface area contributed by atoms with Gasteiger partial charge in [0.2, 0.25) is 0 Å². The normalized spacial score (nSPS) is 12.6. The summed E-state index contributed by atoms with van der Waals surface area (Å²) in [6, 6.07) is 13.1. The van der Waals surface area contributed by atoms with Crippen molar-refractivity contribution in [3.05, 3.63) is 83.0 Å². The molecule has 0 aliphatic carbocycles. The number of carboxylic acids is 1. The summed E-state index contributed by atoms with van der Waals surface area (Å²) in [5.74, 6) is -1.34. The summed E-state index contributed by atoms with van der Waals surface area (Å²) in [6.45, 7) is -0.476. The van der Waals surface area contributed by atoms with Crippen LogP contribution in [0, 0.1) is 0 Å². The summed E-state index contributed by atoms with van der Waals surface area (Å²) in [6.07, 6.45) is -9.97. The van der Waals surface area contributed by atoms with Gasteiger partial charge in [0, 0.05) is 17.4 Å². The molecule has 9 heteroatoms. The fraction of sp³-hybridized carbons (Fsp3) is 0.136. The molecule has 3 aromatic carbocycles. The lowest BCUT2D eigenvalue weighted by atomic mass is 10.0. The predicted molar refractivity (Wildman–Crippen MR) is 102 cm³/mol. The number of rotatable bonds is 3. The molecule has 4 aromatic rings. The summed E-state index contributed by atoms with van der Waals surface area (Å²) in [5, 5.41) is 11.7. The number of hydrogen-bond acceptors (Lipinski definition) is 1. The molecule has 1 aromatic heterocycles. The van der Waals surface area contributed by atoms with E-state index in [9.17, 15) is 36.2 Å². The predicted octanol–water partition coefficient (Wildman–Crippen LogP) is 6.58. The molecule has 0 saturated heterocycles. The molecule has 0 aliphatic rings. The van der Waals surface area contributed by atoms with Crippen LogP contribution in [0.5, 0.6) is 0 Å². The standard InChI is InChI=1S/C22H13F6NO2/c23-21(24,25)14-7-12(8-15(9-14)22(26,27)28)11-29-18-6-5-13-3-1-2-4-16(13)17(18)10-19(29)20(30)31/h1-10H,11H2,(H,30,31). The van der Waals surface area contributed by atoms with Crippen LogP contribution in [0.3, 0.4) is 0 Å². The molecule has 0 saturated carbocycles. The van der Waals surface area contributed by atoms with Gasteiger partial charge in [-0.3, -0.25) is 0 Å². The van der Waals surface area contributed by atoms with Crippen molar-refractivity contribution in [1.82, 2.24) is 4.57 Å². The van der Waals surface area contributed by atoms with Crippen molar-refractivity contribution in [2.45, 2.75) is 18.9 Å². The van der Waals surface area contributed by atoms with Gasteiger partial charge >= 0.3 is 18.3 Å². The van der Waals surface area contributed by atoms with E-state index in [0.717, 1.165) is 10.8 Å². The van der Waals surface area contributed by atoms with Gasteiger partial charge in [-0.05, 0) is 46.7 Å². The number of aromatic nitrogens is 1. The SMILES string of the molecule is O=C(O)c1cc2c3ccccc3ccc2n1Cc1cc(C(F)(F)F)cc(C(F)(F)F)c1. The van der Waals surface area contributed by atoms with Gasteiger partial charge in [-0.15, -0.1) is 0 Å². The summed E-state index contributed by atoms with van der Waals surface area (Å²) < 4.78 is 80.3. The molecule has 0 fully saturated rings. The molecular formula is C22H13F6NO2. The molecule has 1 N–H and O–H groups in total. The zero-order valence-electron chi connectivity index (χ0n) is 15.6. The van der Waals surface area contributed by atoms with Crippen molar-refractivity contribution < 1.29 is 36.2 Å². The van der Waals surface area contributed by atoms with E-state index in [4.69, 9.17) is 0 Å². The highest BCUT2D eigenvalue weighted by Gasteiger charge is 2.37. The number of alkyl halides is 6. The second-order valence-corrected chi connectivity index (χ2v) is 7.05. The number of carbonyl (C=O) groups is 1. The molecule has 3 nitrogen and oxygen atoms in total. The summed E-state index contributed by atoms with van der Waals surface area (Å²) in [4.78, 5) is 11.8. The average Bonchev–Trinajstić information content (AvgIpc) is 3.05. The maximum Gasteiger partial charge on any atom is 0.416 e. The van der Waals surface area contributed by atoms with Crippen molar-refractivity contribution in [3.8, 4) is 0 Å². The monoisotopic (exact) mass is 437 g/mol. The van der Waals surface area contributed by atoms with E-state index in [1.54, 1.807) is 30.3 Å². The molecular weight excluding hydrogens is 424 g/mol. The summed E-state index contributed by atoms with van der Waals surface area (Å²) in [7, 11) is 0. The van der Waals surface area contributed by atoms with Crippen LogP contribution in [-0.4, -0.2) is 15.6 Å². The number of aromatic carboxylic acids is 1. The summed E-state index contributed by atoms with van der Waals surface area (Å²) >= 11 is 0. The van der Waals surface area contributed by atoms with Gasteiger partial charge in [-0.2, -0.15) is 26.3 Å². The number of fused-ring (bicyclic) bond motifs is 3. The Bertz CT molecular complexity index is 1290.